The number of rotatable bonds is 4. The number of hydrazone groups is 1. The molecule has 2 rings (SSSR count). The van der Waals surface area contributed by atoms with E-state index in [9.17, 15) is 9.90 Å². The van der Waals surface area contributed by atoms with E-state index in [0.29, 0.717) is 11.3 Å². The Morgan fingerprint density at radius 1 is 1.11 bits per heavy atom. The maximum Gasteiger partial charge on any atom is 0.337 e. The van der Waals surface area contributed by atoms with Crippen LogP contribution in [0.4, 0.5) is 5.69 Å². The van der Waals surface area contributed by atoms with Crippen molar-refractivity contribution in [1.82, 2.24) is 0 Å². The number of carboxylic acids is 1. The van der Waals surface area contributed by atoms with Crippen LogP contribution in [0.15, 0.2) is 53.6 Å². The number of benzene rings is 2. The third kappa shape index (κ3) is 3.10. The van der Waals surface area contributed by atoms with Crippen molar-refractivity contribution in [3.8, 4) is 5.75 Å². The Hall–Kier alpha value is -2.82. The summed E-state index contributed by atoms with van der Waals surface area (Å²) in [5, 5.41) is 22.4. The predicted molar refractivity (Wildman–Crippen MR) is 72.7 cm³/mol. The number of para-hydroxylation sites is 2. The molecule has 0 bridgehead atoms. The van der Waals surface area contributed by atoms with Gasteiger partial charge in [0.15, 0.2) is 0 Å². The minimum atomic E-state index is -1.03. The van der Waals surface area contributed by atoms with E-state index in [4.69, 9.17) is 5.11 Å². The molecule has 0 saturated heterocycles. The topological polar surface area (TPSA) is 81.9 Å². The molecule has 96 valence electrons. The summed E-state index contributed by atoms with van der Waals surface area (Å²) >= 11 is 0. The van der Waals surface area contributed by atoms with Crippen molar-refractivity contribution in [2.75, 3.05) is 5.43 Å². The zero-order valence-corrected chi connectivity index (χ0v) is 9.95. The average Bonchev–Trinajstić information content (AvgIpc) is 2.41. The van der Waals surface area contributed by atoms with Crippen LogP contribution in [-0.4, -0.2) is 22.4 Å². The van der Waals surface area contributed by atoms with Gasteiger partial charge in [0.1, 0.15) is 5.75 Å². The molecule has 0 atom stereocenters. The van der Waals surface area contributed by atoms with Gasteiger partial charge in [-0.2, -0.15) is 5.10 Å². The summed E-state index contributed by atoms with van der Waals surface area (Å²) in [7, 11) is 0. The molecule has 2 aromatic rings. The van der Waals surface area contributed by atoms with Crippen molar-refractivity contribution in [3.05, 3.63) is 59.7 Å². The third-order valence-electron chi connectivity index (χ3n) is 2.48. The van der Waals surface area contributed by atoms with E-state index in [1.807, 2.05) is 0 Å². The molecular weight excluding hydrogens is 244 g/mol. The van der Waals surface area contributed by atoms with Crippen molar-refractivity contribution in [1.29, 1.82) is 0 Å². The number of hydrogen-bond donors (Lipinski definition) is 3. The fourth-order valence-electron chi connectivity index (χ4n) is 1.54. The summed E-state index contributed by atoms with van der Waals surface area (Å²) in [6.07, 6.45) is 1.42. The minimum Gasteiger partial charge on any atom is -0.507 e. The summed E-state index contributed by atoms with van der Waals surface area (Å²) in [6.45, 7) is 0. The van der Waals surface area contributed by atoms with Gasteiger partial charge in [-0.1, -0.05) is 24.3 Å². The van der Waals surface area contributed by atoms with Crippen LogP contribution in [0, 0.1) is 0 Å². The van der Waals surface area contributed by atoms with Gasteiger partial charge in [0.2, 0.25) is 0 Å². The van der Waals surface area contributed by atoms with Crippen LogP contribution >= 0.6 is 0 Å². The molecule has 19 heavy (non-hydrogen) atoms. The first-order valence-electron chi connectivity index (χ1n) is 5.58. The molecule has 0 aliphatic carbocycles. The highest BCUT2D eigenvalue weighted by atomic mass is 16.4. The highest BCUT2D eigenvalue weighted by Gasteiger charge is 2.07. The van der Waals surface area contributed by atoms with Crippen molar-refractivity contribution < 1.29 is 15.0 Å². The van der Waals surface area contributed by atoms with Crippen LogP contribution in [0.3, 0.4) is 0 Å². The van der Waals surface area contributed by atoms with Gasteiger partial charge < -0.3 is 10.2 Å². The minimum absolute atomic E-state index is 0.111. The number of anilines is 1. The van der Waals surface area contributed by atoms with E-state index in [1.165, 1.54) is 12.3 Å². The van der Waals surface area contributed by atoms with Crippen LogP contribution in [0.1, 0.15) is 15.9 Å². The van der Waals surface area contributed by atoms with Crippen LogP contribution in [0.2, 0.25) is 0 Å². The molecule has 0 fully saturated rings. The highest BCUT2D eigenvalue weighted by molar-refractivity contribution is 5.94. The molecule has 0 saturated carbocycles. The Labute approximate surface area is 109 Å². The van der Waals surface area contributed by atoms with Crippen LogP contribution < -0.4 is 5.43 Å². The van der Waals surface area contributed by atoms with E-state index in [2.05, 4.69) is 10.5 Å². The summed E-state index contributed by atoms with van der Waals surface area (Å²) in [5.74, 6) is -0.916. The molecule has 0 radical (unpaired) electrons. The Morgan fingerprint density at radius 2 is 1.79 bits per heavy atom. The second-order valence-corrected chi connectivity index (χ2v) is 3.78. The van der Waals surface area contributed by atoms with Crippen molar-refractivity contribution in [2.24, 2.45) is 5.10 Å². The lowest BCUT2D eigenvalue weighted by molar-refractivity contribution is 0.0698. The molecular formula is C14H12N2O3. The van der Waals surface area contributed by atoms with E-state index in [-0.39, 0.29) is 11.3 Å². The Morgan fingerprint density at radius 3 is 2.53 bits per heavy atom. The Bertz CT molecular complexity index is 624. The van der Waals surface area contributed by atoms with Gasteiger partial charge in [-0.25, -0.2) is 4.79 Å². The number of phenolic OH excluding ortho intramolecular Hbond substituents is 1. The van der Waals surface area contributed by atoms with E-state index in [1.54, 1.807) is 42.5 Å². The lowest BCUT2D eigenvalue weighted by Gasteiger charge is -2.04. The molecule has 0 heterocycles. The van der Waals surface area contributed by atoms with Crippen LogP contribution in [0.25, 0.3) is 0 Å². The van der Waals surface area contributed by atoms with Gasteiger partial charge in [0.05, 0.1) is 17.5 Å². The average molecular weight is 256 g/mol. The Balaban J connectivity index is 2.15. The zero-order chi connectivity index (χ0) is 13.7. The zero-order valence-electron chi connectivity index (χ0n) is 9.95. The van der Waals surface area contributed by atoms with E-state index >= 15 is 0 Å². The fraction of sp³-hybridized carbons (Fsp3) is 0. The first kappa shape index (κ1) is 12.6. The molecule has 0 unspecified atom stereocenters. The molecule has 0 aliphatic rings. The van der Waals surface area contributed by atoms with E-state index in [0.717, 1.165) is 0 Å². The number of carbonyl (C=O) groups is 1. The maximum absolute atomic E-state index is 11.0. The smallest absolute Gasteiger partial charge is 0.337 e. The largest absolute Gasteiger partial charge is 0.507 e. The number of carboxylic acid groups (broad SMARTS) is 1. The molecule has 0 amide bonds. The number of hydrogen-bond acceptors (Lipinski definition) is 4. The highest BCUT2D eigenvalue weighted by Crippen LogP contribution is 2.16. The second kappa shape index (κ2) is 5.68. The lowest BCUT2D eigenvalue weighted by Crippen LogP contribution is -2.02. The summed E-state index contributed by atoms with van der Waals surface area (Å²) in [6, 6.07) is 13.2. The van der Waals surface area contributed by atoms with Crippen molar-refractivity contribution in [2.45, 2.75) is 0 Å². The first-order chi connectivity index (χ1) is 9.18. The standard InChI is InChI=1S/C14H12N2O3/c17-13-8-4-1-5-10(13)9-15-16-12-7-3-2-6-11(12)14(18)19/h1-9,16-17H,(H,18,19). The predicted octanol–water partition coefficient (Wildman–Crippen LogP) is 2.54. The van der Waals surface area contributed by atoms with Gasteiger partial charge in [0.25, 0.3) is 0 Å². The fourth-order valence-corrected chi connectivity index (χ4v) is 1.54. The number of aromatic carboxylic acids is 1. The maximum atomic E-state index is 11.0. The lowest BCUT2D eigenvalue weighted by atomic mass is 10.2. The third-order valence-corrected chi connectivity index (χ3v) is 2.48. The number of nitrogens with zero attached hydrogens (tertiary/aromatic N) is 1. The molecule has 0 aromatic heterocycles. The summed E-state index contributed by atoms with van der Waals surface area (Å²) in [4.78, 5) is 11.0. The SMILES string of the molecule is O=C(O)c1ccccc1NN=Cc1ccccc1O. The number of nitrogens with one attached hydrogen (secondary N) is 1. The van der Waals surface area contributed by atoms with Crippen molar-refractivity contribution >= 4 is 17.9 Å². The second-order valence-electron chi connectivity index (χ2n) is 3.78. The van der Waals surface area contributed by atoms with Gasteiger partial charge in [0, 0.05) is 5.56 Å². The first-order valence-corrected chi connectivity index (χ1v) is 5.58. The number of aromatic hydroxyl groups is 1. The van der Waals surface area contributed by atoms with Gasteiger partial charge in [-0.15, -0.1) is 0 Å². The molecule has 0 aliphatic heterocycles. The van der Waals surface area contributed by atoms with Crippen molar-refractivity contribution in [3.63, 3.8) is 0 Å². The summed E-state index contributed by atoms with van der Waals surface area (Å²) < 4.78 is 0. The molecule has 3 N–H and O–H groups in total. The van der Waals surface area contributed by atoms with Gasteiger partial charge >= 0.3 is 5.97 Å². The van der Waals surface area contributed by atoms with Crippen LogP contribution in [-0.2, 0) is 0 Å². The Kier molecular flexibility index (Phi) is 3.78. The quantitative estimate of drug-likeness (QED) is 0.580. The molecule has 5 heteroatoms. The molecule has 0 spiro atoms. The van der Waals surface area contributed by atoms with Gasteiger partial charge in [-0.05, 0) is 24.3 Å². The summed E-state index contributed by atoms with van der Waals surface area (Å²) in [5.41, 5.74) is 3.72. The molecule has 2 aromatic carbocycles. The number of phenols is 1. The van der Waals surface area contributed by atoms with E-state index < -0.39 is 5.97 Å². The van der Waals surface area contributed by atoms with Crippen LogP contribution in [0.5, 0.6) is 5.75 Å². The normalized spacial score (nSPS) is 10.5. The van der Waals surface area contributed by atoms with Gasteiger partial charge in [-0.3, -0.25) is 5.43 Å². The molecule has 5 nitrogen and oxygen atoms in total. The monoisotopic (exact) mass is 256 g/mol.